The molecule has 0 spiro atoms. The smallest absolute Gasteiger partial charge is 0.256 e. The largest absolute Gasteiger partial charge is 0.356 e. The fourth-order valence-electron chi connectivity index (χ4n) is 4.21. The molecule has 0 fully saturated rings. The lowest BCUT2D eigenvalue weighted by Crippen LogP contribution is -2.44. The van der Waals surface area contributed by atoms with Crippen molar-refractivity contribution in [2.45, 2.75) is 18.9 Å². The summed E-state index contributed by atoms with van der Waals surface area (Å²) in [4.78, 5) is 22.8. The van der Waals surface area contributed by atoms with Crippen molar-refractivity contribution in [3.05, 3.63) is 71.2 Å². The normalized spacial score (nSPS) is 18.9. The Labute approximate surface area is 139 Å². The van der Waals surface area contributed by atoms with Crippen LogP contribution in [0.2, 0.25) is 0 Å². The molecule has 4 heteroatoms. The third kappa shape index (κ3) is 1.68. The van der Waals surface area contributed by atoms with E-state index in [4.69, 9.17) is 0 Å². The first kappa shape index (κ1) is 13.5. The van der Waals surface area contributed by atoms with Gasteiger partial charge in [-0.05, 0) is 29.2 Å². The zero-order valence-corrected chi connectivity index (χ0v) is 13.2. The molecule has 0 bridgehead atoms. The highest BCUT2D eigenvalue weighted by atomic mass is 16.2. The Morgan fingerprint density at radius 1 is 1.25 bits per heavy atom. The predicted octanol–water partition coefficient (Wildman–Crippen LogP) is 3.50. The van der Waals surface area contributed by atoms with Crippen molar-refractivity contribution < 1.29 is 4.79 Å². The number of H-pyrrole nitrogens is 1. The van der Waals surface area contributed by atoms with E-state index in [0.29, 0.717) is 0 Å². The van der Waals surface area contributed by atoms with E-state index in [-0.39, 0.29) is 11.9 Å². The number of pyridine rings is 1. The Bertz CT molecular complexity index is 1000. The minimum absolute atomic E-state index is 0.0715. The molecule has 1 atom stereocenters. The first-order valence-corrected chi connectivity index (χ1v) is 8.27. The number of fused-ring (bicyclic) bond motifs is 6. The van der Waals surface area contributed by atoms with Crippen molar-refractivity contribution in [1.29, 1.82) is 0 Å². The van der Waals surface area contributed by atoms with Crippen LogP contribution in [0.25, 0.3) is 17.0 Å². The number of benzene rings is 1. The molecule has 1 N–H and O–H groups in total. The number of aromatic nitrogens is 2. The molecule has 0 unspecified atom stereocenters. The van der Waals surface area contributed by atoms with E-state index in [1.165, 1.54) is 16.6 Å². The summed E-state index contributed by atoms with van der Waals surface area (Å²) in [6.45, 7) is 4.63. The number of nitrogens with one attached hydrogen (secondary N) is 1. The lowest BCUT2D eigenvalue weighted by molar-refractivity contribution is 0.0627. The molecule has 0 radical (unpaired) electrons. The van der Waals surface area contributed by atoms with Gasteiger partial charge in [-0.25, -0.2) is 0 Å². The lowest BCUT2D eigenvalue weighted by atomic mass is 9.85. The van der Waals surface area contributed by atoms with Gasteiger partial charge in [0.1, 0.15) is 0 Å². The van der Waals surface area contributed by atoms with Crippen molar-refractivity contribution in [1.82, 2.24) is 14.9 Å². The Balaban J connectivity index is 1.71. The number of amides is 1. The van der Waals surface area contributed by atoms with Crippen molar-refractivity contribution >= 4 is 22.9 Å². The van der Waals surface area contributed by atoms with E-state index in [1.807, 2.05) is 11.0 Å². The standard InChI is InChI=1S/C20H17N3O/c1-2-12-10-21-11-16-15(12)9-18-19-14(7-8-23(18)20(16)24)13-5-3-4-6-17(13)22-19/h2-6,10-11,18,22H,1,7-9H2/t18-/m1/s1. The van der Waals surface area contributed by atoms with Crippen LogP contribution in [0, 0.1) is 0 Å². The fraction of sp³-hybridized carbons (Fsp3) is 0.200. The topological polar surface area (TPSA) is 49.0 Å². The van der Waals surface area contributed by atoms with Crippen LogP contribution in [-0.2, 0) is 12.8 Å². The second-order valence-electron chi connectivity index (χ2n) is 6.49. The Hall–Kier alpha value is -2.88. The molecule has 4 nitrogen and oxygen atoms in total. The number of para-hydroxylation sites is 1. The number of carbonyl (C=O) groups is 1. The molecular weight excluding hydrogens is 298 g/mol. The van der Waals surface area contributed by atoms with Crippen molar-refractivity contribution in [3.8, 4) is 0 Å². The minimum atomic E-state index is 0.0715. The van der Waals surface area contributed by atoms with Gasteiger partial charge < -0.3 is 9.88 Å². The summed E-state index contributed by atoms with van der Waals surface area (Å²) in [5.41, 5.74) is 6.46. The molecule has 4 heterocycles. The first-order chi connectivity index (χ1) is 11.8. The van der Waals surface area contributed by atoms with Gasteiger partial charge >= 0.3 is 0 Å². The zero-order valence-electron chi connectivity index (χ0n) is 13.2. The summed E-state index contributed by atoms with van der Waals surface area (Å²) >= 11 is 0. The van der Waals surface area contributed by atoms with Crippen LogP contribution in [0.3, 0.4) is 0 Å². The third-order valence-corrected chi connectivity index (χ3v) is 5.36. The summed E-state index contributed by atoms with van der Waals surface area (Å²) < 4.78 is 0. The maximum Gasteiger partial charge on any atom is 0.256 e. The quantitative estimate of drug-likeness (QED) is 0.747. The third-order valence-electron chi connectivity index (χ3n) is 5.36. The van der Waals surface area contributed by atoms with Crippen LogP contribution < -0.4 is 0 Å². The molecule has 5 rings (SSSR count). The molecule has 2 aromatic heterocycles. The molecule has 118 valence electrons. The highest BCUT2D eigenvalue weighted by Crippen LogP contribution is 2.40. The van der Waals surface area contributed by atoms with E-state index >= 15 is 0 Å². The van der Waals surface area contributed by atoms with Crippen molar-refractivity contribution in [2.24, 2.45) is 0 Å². The number of aromatic amines is 1. The van der Waals surface area contributed by atoms with Gasteiger partial charge in [0, 0.05) is 42.0 Å². The average molecular weight is 315 g/mol. The predicted molar refractivity (Wildman–Crippen MR) is 93.8 cm³/mol. The number of carbonyl (C=O) groups excluding carboxylic acids is 1. The second kappa shape index (κ2) is 4.81. The second-order valence-corrected chi connectivity index (χ2v) is 6.49. The molecule has 3 aromatic rings. The lowest BCUT2D eigenvalue weighted by Gasteiger charge is -2.40. The van der Waals surface area contributed by atoms with Crippen molar-refractivity contribution in [3.63, 3.8) is 0 Å². The van der Waals surface area contributed by atoms with E-state index in [1.54, 1.807) is 18.5 Å². The van der Waals surface area contributed by atoms with Crippen LogP contribution in [0.15, 0.2) is 43.2 Å². The van der Waals surface area contributed by atoms with E-state index in [2.05, 4.69) is 34.7 Å². The summed E-state index contributed by atoms with van der Waals surface area (Å²) in [6, 6.07) is 8.46. The SMILES string of the molecule is C=Cc1cncc2c1C[C@@H]1c3[nH]c4ccccc4c3CCN1C2=O. The van der Waals surface area contributed by atoms with Crippen LogP contribution in [0.5, 0.6) is 0 Å². The van der Waals surface area contributed by atoms with Crippen LogP contribution in [0.1, 0.15) is 38.8 Å². The van der Waals surface area contributed by atoms with E-state index < -0.39 is 0 Å². The molecule has 1 amide bonds. The van der Waals surface area contributed by atoms with Crippen molar-refractivity contribution in [2.75, 3.05) is 6.54 Å². The Morgan fingerprint density at radius 3 is 3.00 bits per heavy atom. The molecule has 1 aromatic carbocycles. The maximum absolute atomic E-state index is 13.0. The average Bonchev–Trinajstić information content (AvgIpc) is 3.01. The van der Waals surface area contributed by atoms with Crippen LogP contribution in [0.4, 0.5) is 0 Å². The molecule has 0 aliphatic carbocycles. The van der Waals surface area contributed by atoms with Gasteiger partial charge in [-0.3, -0.25) is 9.78 Å². The fourth-order valence-corrected chi connectivity index (χ4v) is 4.21. The molecule has 2 aliphatic heterocycles. The Kier molecular flexibility index (Phi) is 2.71. The molecule has 0 saturated carbocycles. The molecular formula is C20H17N3O. The molecule has 2 aliphatic rings. The number of nitrogens with zero attached hydrogens (tertiary/aromatic N) is 2. The van der Waals surface area contributed by atoms with Gasteiger partial charge in [-0.2, -0.15) is 0 Å². The first-order valence-electron chi connectivity index (χ1n) is 8.27. The number of hydrogen-bond acceptors (Lipinski definition) is 2. The minimum Gasteiger partial charge on any atom is -0.356 e. The van der Waals surface area contributed by atoms with Crippen LogP contribution >= 0.6 is 0 Å². The number of hydrogen-bond donors (Lipinski definition) is 1. The van der Waals surface area contributed by atoms with E-state index in [9.17, 15) is 4.79 Å². The summed E-state index contributed by atoms with van der Waals surface area (Å²) in [6.07, 6.45) is 6.99. The van der Waals surface area contributed by atoms with Gasteiger partial charge in [-0.1, -0.05) is 30.9 Å². The van der Waals surface area contributed by atoms with Gasteiger partial charge in [0.15, 0.2) is 0 Å². The molecule has 24 heavy (non-hydrogen) atoms. The maximum atomic E-state index is 13.0. The summed E-state index contributed by atoms with van der Waals surface area (Å²) in [5, 5.41) is 1.28. The number of rotatable bonds is 1. The van der Waals surface area contributed by atoms with Crippen LogP contribution in [-0.4, -0.2) is 27.3 Å². The summed E-state index contributed by atoms with van der Waals surface area (Å²) in [7, 11) is 0. The Morgan fingerprint density at radius 2 is 2.12 bits per heavy atom. The highest BCUT2D eigenvalue weighted by molar-refractivity contribution is 5.98. The highest BCUT2D eigenvalue weighted by Gasteiger charge is 2.39. The molecule has 0 saturated heterocycles. The van der Waals surface area contributed by atoms with Gasteiger partial charge in [0.05, 0.1) is 11.6 Å². The monoisotopic (exact) mass is 315 g/mol. The van der Waals surface area contributed by atoms with Gasteiger partial charge in [0.2, 0.25) is 0 Å². The summed E-state index contributed by atoms with van der Waals surface area (Å²) in [5.74, 6) is 0.0850. The van der Waals surface area contributed by atoms with E-state index in [0.717, 1.165) is 41.6 Å². The van der Waals surface area contributed by atoms with Gasteiger partial charge in [0.25, 0.3) is 5.91 Å². The van der Waals surface area contributed by atoms with Gasteiger partial charge in [-0.15, -0.1) is 0 Å². The zero-order chi connectivity index (χ0) is 16.3.